The highest BCUT2D eigenvalue weighted by Gasteiger charge is 2.16. The average Bonchev–Trinajstić information content (AvgIpc) is 3.32. The minimum atomic E-state index is -0.660. The molecule has 0 unspecified atom stereocenters. The molecule has 5 rings (SSSR count). The van der Waals surface area contributed by atoms with Crippen molar-refractivity contribution in [2.45, 2.75) is 16.5 Å². The number of aromatic nitrogens is 3. The summed E-state index contributed by atoms with van der Waals surface area (Å²) >= 11 is 1.45. The zero-order valence-electron chi connectivity index (χ0n) is 20.9. The highest BCUT2D eigenvalue weighted by Crippen LogP contribution is 2.33. The van der Waals surface area contributed by atoms with E-state index in [1.807, 2.05) is 66.7 Å². The van der Waals surface area contributed by atoms with Gasteiger partial charge in [0.2, 0.25) is 0 Å². The number of esters is 1. The smallest absolute Gasteiger partial charge is 0.343 e. The van der Waals surface area contributed by atoms with Crippen LogP contribution in [0.2, 0.25) is 0 Å². The van der Waals surface area contributed by atoms with E-state index >= 15 is 0 Å². The van der Waals surface area contributed by atoms with Gasteiger partial charge in [0, 0.05) is 28.4 Å². The lowest BCUT2D eigenvalue weighted by Crippen LogP contribution is -2.18. The maximum atomic E-state index is 12.6. The van der Waals surface area contributed by atoms with Crippen molar-refractivity contribution in [1.29, 1.82) is 0 Å². The maximum Gasteiger partial charge on any atom is 0.343 e. The number of amides is 1. The number of carbonyl (C=O) groups excluding carboxylic acids is 2. The summed E-state index contributed by atoms with van der Waals surface area (Å²) in [6.45, 7) is -0.163. The number of para-hydroxylation sites is 1. The largest absolute Gasteiger partial charge is 0.507 e. The predicted molar refractivity (Wildman–Crippen MR) is 150 cm³/mol. The molecule has 0 atom stereocenters. The van der Waals surface area contributed by atoms with Gasteiger partial charge in [0.15, 0.2) is 6.73 Å². The minimum Gasteiger partial charge on any atom is -0.507 e. The van der Waals surface area contributed by atoms with E-state index < -0.39 is 5.97 Å². The Morgan fingerprint density at radius 3 is 2.51 bits per heavy atom. The lowest BCUT2D eigenvalue weighted by atomic mass is 10.2. The molecule has 0 aliphatic carbocycles. The van der Waals surface area contributed by atoms with E-state index in [4.69, 9.17) is 4.74 Å². The Balaban J connectivity index is 1.49. The molecule has 3 aromatic carbocycles. The van der Waals surface area contributed by atoms with E-state index in [1.54, 1.807) is 36.1 Å². The number of carbonyl (C=O) groups is 2. The SMILES string of the molecule is CNC(=O)c1ccccc1Sc1ccc2c(/C=C/c3ccccn3)nn(COC(=O)c3ccccc3O)c2c1. The molecule has 2 heterocycles. The molecular weight excluding hydrogens is 512 g/mol. The zero-order chi connectivity index (χ0) is 27.2. The van der Waals surface area contributed by atoms with Gasteiger partial charge in [-0.3, -0.25) is 9.78 Å². The maximum absolute atomic E-state index is 12.6. The summed E-state index contributed by atoms with van der Waals surface area (Å²) in [5.41, 5.74) is 2.85. The number of nitrogens with one attached hydrogen (secondary N) is 1. The van der Waals surface area contributed by atoms with Crippen LogP contribution in [0.1, 0.15) is 32.1 Å². The van der Waals surface area contributed by atoms with E-state index in [1.165, 1.54) is 23.9 Å². The number of rotatable bonds is 8. The first-order valence-corrected chi connectivity index (χ1v) is 12.9. The molecule has 9 heteroatoms. The number of benzene rings is 3. The molecule has 0 saturated carbocycles. The highest BCUT2D eigenvalue weighted by atomic mass is 32.2. The Labute approximate surface area is 229 Å². The number of aromatic hydroxyl groups is 1. The summed E-state index contributed by atoms with van der Waals surface area (Å²) in [6, 6.07) is 25.1. The number of phenols is 1. The van der Waals surface area contributed by atoms with Crippen molar-refractivity contribution >= 4 is 46.7 Å². The lowest BCUT2D eigenvalue weighted by Gasteiger charge is -2.09. The number of pyridine rings is 1. The third-order valence-electron chi connectivity index (χ3n) is 5.88. The van der Waals surface area contributed by atoms with Gasteiger partial charge in [-0.15, -0.1) is 0 Å². The molecular formula is C30H24N4O4S. The van der Waals surface area contributed by atoms with Crippen molar-refractivity contribution in [3.05, 3.63) is 114 Å². The first kappa shape index (κ1) is 25.7. The molecule has 0 radical (unpaired) electrons. The van der Waals surface area contributed by atoms with Gasteiger partial charge in [0.05, 0.1) is 22.5 Å². The number of phenolic OH excluding ortho intramolecular Hbond substituents is 1. The van der Waals surface area contributed by atoms with Crippen LogP contribution in [-0.2, 0) is 11.5 Å². The molecule has 39 heavy (non-hydrogen) atoms. The van der Waals surface area contributed by atoms with Crippen molar-refractivity contribution in [3.8, 4) is 5.75 Å². The number of ether oxygens (including phenoxy) is 1. The third-order valence-corrected chi connectivity index (χ3v) is 6.95. The molecule has 8 nitrogen and oxygen atoms in total. The van der Waals surface area contributed by atoms with Gasteiger partial charge in [-0.25, -0.2) is 9.48 Å². The van der Waals surface area contributed by atoms with Crippen molar-refractivity contribution in [2.75, 3.05) is 7.05 Å². The van der Waals surface area contributed by atoms with E-state index in [-0.39, 0.29) is 24.0 Å². The Morgan fingerprint density at radius 2 is 1.74 bits per heavy atom. The summed E-state index contributed by atoms with van der Waals surface area (Å²) in [4.78, 5) is 31.0. The molecule has 0 aliphatic rings. The van der Waals surface area contributed by atoms with Crippen LogP contribution >= 0.6 is 11.8 Å². The van der Waals surface area contributed by atoms with Crippen molar-refractivity contribution in [3.63, 3.8) is 0 Å². The highest BCUT2D eigenvalue weighted by molar-refractivity contribution is 7.99. The van der Waals surface area contributed by atoms with E-state index in [0.29, 0.717) is 11.3 Å². The van der Waals surface area contributed by atoms with Crippen molar-refractivity contribution < 1.29 is 19.4 Å². The van der Waals surface area contributed by atoms with E-state index in [9.17, 15) is 14.7 Å². The Kier molecular flexibility index (Phi) is 7.70. The van der Waals surface area contributed by atoms with Gasteiger partial charge in [-0.05, 0) is 66.7 Å². The Hall–Kier alpha value is -4.89. The van der Waals surface area contributed by atoms with Gasteiger partial charge in [-0.2, -0.15) is 5.10 Å². The number of nitrogens with zero attached hydrogens (tertiary/aromatic N) is 3. The van der Waals surface area contributed by atoms with E-state index in [2.05, 4.69) is 15.4 Å². The second-order valence-corrected chi connectivity index (χ2v) is 9.52. The Morgan fingerprint density at radius 1 is 0.974 bits per heavy atom. The summed E-state index contributed by atoms with van der Waals surface area (Å²) in [6.07, 6.45) is 5.44. The van der Waals surface area contributed by atoms with Gasteiger partial charge in [0.25, 0.3) is 5.91 Å². The van der Waals surface area contributed by atoms with Gasteiger partial charge in [-0.1, -0.05) is 42.1 Å². The minimum absolute atomic E-state index is 0.0753. The van der Waals surface area contributed by atoms with Crippen LogP contribution < -0.4 is 5.32 Å². The van der Waals surface area contributed by atoms with Gasteiger partial charge in [0.1, 0.15) is 11.3 Å². The van der Waals surface area contributed by atoms with Crippen LogP contribution in [-0.4, -0.2) is 38.8 Å². The monoisotopic (exact) mass is 536 g/mol. The lowest BCUT2D eigenvalue weighted by molar-refractivity contribution is 0.0354. The first-order chi connectivity index (χ1) is 19.0. The van der Waals surface area contributed by atoms with Gasteiger partial charge >= 0.3 is 5.97 Å². The fourth-order valence-electron chi connectivity index (χ4n) is 3.95. The van der Waals surface area contributed by atoms with Crippen LogP contribution in [0.25, 0.3) is 23.1 Å². The molecule has 194 valence electrons. The molecule has 0 aliphatic heterocycles. The molecule has 0 bridgehead atoms. The average molecular weight is 537 g/mol. The first-order valence-electron chi connectivity index (χ1n) is 12.1. The van der Waals surface area contributed by atoms with Crippen molar-refractivity contribution in [1.82, 2.24) is 20.1 Å². The second-order valence-electron chi connectivity index (χ2n) is 8.41. The number of hydrogen-bond acceptors (Lipinski definition) is 7. The van der Waals surface area contributed by atoms with Crippen LogP contribution in [0.4, 0.5) is 0 Å². The quantitative estimate of drug-likeness (QED) is 0.248. The van der Waals surface area contributed by atoms with Crippen LogP contribution in [0.3, 0.4) is 0 Å². The van der Waals surface area contributed by atoms with Gasteiger partial charge < -0.3 is 15.2 Å². The van der Waals surface area contributed by atoms with Crippen LogP contribution in [0.15, 0.2) is 101 Å². The fraction of sp³-hybridized carbons (Fsp3) is 0.0667. The standard InChI is InChI=1S/C30H24N4O4S/c1-31-29(36)24-10-3-5-12-28(24)39-21-14-15-22-25(16-13-20-8-6-7-17-32-20)33-34(26(22)18-21)19-38-30(37)23-9-2-4-11-27(23)35/h2-18,35H,19H2,1H3,(H,31,36)/b16-13+. The van der Waals surface area contributed by atoms with Crippen LogP contribution in [0.5, 0.6) is 5.75 Å². The Bertz CT molecular complexity index is 1680. The summed E-state index contributed by atoms with van der Waals surface area (Å²) in [5.74, 6) is -0.977. The molecule has 2 aromatic heterocycles. The molecule has 1 amide bonds. The predicted octanol–water partition coefficient (Wildman–Crippen LogP) is 5.63. The zero-order valence-corrected chi connectivity index (χ0v) is 21.8. The molecule has 0 saturated heterocycles. The molecule has 5 aromatic rings. The third kappa shape index (κ3) is 5.83. The topological polar surface area (TPSA) is 106 Å². The summed E-state index contributed by atoms with van der Waals surface area (Å²) in [7, 11) is 1.60. The molecule has 2 N–H and O–H groups in total. The summed E-state index contributed by atoms with van der Waals surface area (Å²) in [5, 5.41) is 18.2. The normalized spacial score (nSPS) is 11.1. The molecule has 0 fully saturated rings. The van der Waals surface area contributed by atoms with Crippen molar-refractivity contribution in [2.24, 2.45) is 0 Å². The second kappa shape index (κ2) is 11.7. The van der Waals surface area contributed by atoms with E-state index in [0.717, 1.165) is 26.4 Å². The number of hydrogen-bond donors (Lipinski definition) is 2. The molecule has 0 spiro atoms. The fourth-order valence-corrected chi connectivity index (χ4v) is 4.93. The number of fused-ring (bicyclic) bond motifs is 1. The summed E-state index contributed by atoms with van der Waals surface area (Å²) < 4.78 is 7.11. The van der Waals surface area contributed by atoms with Crippen LogP contribution in [0, 0.1) is 0 Å².